The monoisotopic (exact) mass is 414 g/mol. The molecule has 0 fully saturated rings. The maximum Gasteiger partial charge on any atom is 0.355 e. The standard InChI is InChI=1S/C18H15ClN6O4/c1-29-14-8-3-2-7-13(14)18(26)24-23-17-15(25(27)28)16(20-10-21-17)22-12-6-4-5-11(19)9-12/h2-10H,1H3,(H,24,26)(H2,20,21,22,23). The fourth-order valence-corrected chi connectivity index (χ4v) is 2.64. The first-order chi connectivity index (χ1) is 14.0. The number of para-hydroxylation sites is 1. The van der Waals surface area contributed by atoms with Gasteiger partial charge in [-0.05, 0) is 30.3 Å². The Bertz CT molecular complexity index is 1060. The summed E-state index contributed by atoms with van der Waals surface area (Å²) in [6.45, 7) is 0. The second-order valence-electron chi connectivity index (χ2n) is 5.59. The zero-order chi connectivity index (χ0) is 20.8. The van der Waals surface area contributed by atoms with Crippen molar-refractivity contribution in [1.29, 1.82) is 0 Å². The van der Waals surface area contributed by atoms with Crippen molar-refractivity contribution >= 4 is 40.5 Å². The predicted octanol–water partition coefficient (Wildman–Crippen LogP) is 3.55. The summed E-state index contributed by atoms with van der Waals surface area (Å²) in [7, 11) is 1.43. The molecule has 1 heterocycles. The lowest BCUT2D eigenvalue weighted by molar-refractivity contribution is -0.383. The molecule has 0 saturated heterocycles. The number of nitrogens with zero attached hydrogens (tertiary/aromatic N) is 3. The van der Waals surface area contributed by atoms with Crippen LogP contribution < -0.4 is 20.9 Å². The van der Waals surface area contributed by atoms with Gasteiger partial charge in [0, 0.05) is 10.7 Å². The number of nitro groups is 1. The van der Waals surface area contributed by atoms with Crippen LogP contribution in [0, 0.1) is 10.1 Å². The Morgan fingerprint density at radius 3 is 2.62 bits per heavy atom. The van der Waals surface area contributed by atoms with Gasteiger partial charge in [-0.1, -0.05) is 29.8 Å². The third-order valence-electron chi connectivity index (χ3n) is 3.74. The minimum atomic E-state index is -0.662. The van der Waals surface area contributed by atoms with Crippen molar-refractivity contribution in [3.63, 3.8) is 0 Å². The van der Waals surface area contributed by atoms with Crippen LogP contribution in [0.15, 0.2) is 54.9 Å². The molecular weight excluding hydrogens is 400 g/mol. The van der Waals surface area contributed by atoms with Gasteiger partial charge in [-0.25, -0.2) is 9.97 Å². The normalized spacial score (nSPS) is 10.1. The van der Waals surface area contributed by atoms with Crippen molar-refractivity contribution in [1.82, 2.24) is 15.4 Å². The van der Waals surface area contributed by atoms with E-state index in [-0.39, 0.29) is 17.2 Å². The SMILES string of the molecule is COc1ccccc1C(=O)NNc1ncnc(Nc2cccc(Cl)c2)c1[N+](=O)[O-]. The van der Waals surface area contributed by atoms with Gasteiger partial charge in [0.2, 0.25) is 11.6 Å². The zero-order valence-electron chi connectivity index (χ0n) is 15.0. The van der Waals surface area contributed by atoms with Crippen LogP contribution in [0.5, 0.6) is 5.75 Å². The fourth-order valence-electron chi connectivity index (χ4n) is 2.45. The van der Waals surface area contributed by atoms with Gasteiger partial charge < -0.3 is 10.1 Å². The largest absolute Gasteiger partial charge is 0.496 e. The summed E-state index contributed by atoms with van der Waals surface area (Å²) in [5.41, 5.74) is 5.14. The Labute approximate surface area is 170 Å². The van der Waals surface area contributed by atoms with Gasteiger partial charge in [-0.3, -0.25) is 25.8 Å². The van der Waals surface area contributed by atoms with E-state index in [2.05, 4.69) is 26.1 Å². The first-order valence-corrected chi connectivity index (χ1v) is 8.58. The summed E-state index contributed by atoms with van der Waals surface area (Å²) < 4.78 is 5.13. The van der Waals surface area contributed by atoms with Gasteiger partial charge >= 0.3 is 5.69 Å². The lowest BCUT2D eigenvalue weighted by Crippen LogP contribution is -2.30. The fraction of sp³-hybridized carbons (Fsp3) is 0.0556. The number of hydrogen-bond acceptors (Lipinski definition) is 8. The van der Waals surface area contributed by atoms with E-state index in [1.165, 1.54) is 7.11 Å². The molecule has 0 aliphatic rings. The number of nitrogens with one attached hydrogen (secondary N) is 3. The van der Waals surface area contributed by atoms with E-state index in [9.17, 15) is 14.9 Å². The molecule has 10 nitrogen and oxygen atoms in total. The summed E-state index contributed by atoms with van der Waals surface area (Å²) >= 11 is 5.94. The summed E-state index contributed by atoms with van der Waals surface area (Å²) in [4.78, 5) is 31.1. The van der Waals surface area contributed by atoms with E-state index in [1.54, 1.807) is 48.5 Å². The van der Waals surface area contributed by atoms with Crippen LogP contribution in [0.4, 0.5) is 23.0 Å². The number of ether oxygens (including phenoxy) is 1. The number of hydrazine groups is 1. The van der Waals surface area contributed by atoms with E-state index in [0.29, 0.717) is 16.5 Å². The van der Waals surface area contributed by atoms with Crippen LogP contribution in [-0.4, -0.2) is 27.9 Å². The van der Waals surface area contributed by atoms with Crippen LogP contribution in [0.1, 0.15) is 10.4 Å². The second-order valence-corrected chi connectivity index (χ2v) is 6.03. The van der Waals surface area contributed by atoms with Gasteiger partial charge in [0.25, 0.3) is 5.91 Å². The summed E-state index contributed by atoms with van der Waals surface area (Å²) in [6, 6.07) is 13.2. The molecule has 0 atom stereocenters. The molecule has 148 valence electrons. The number of carbonyl (C=O) groups is 1. The van der Waals surface area contributed by atoms with Gasteiger partial charge in [-0.15, -0.1) is 0 Å². The third-order valence-corrected chi connectivity index (χ3v) is 3.97. The van der Waals surface area contributed by atoms with Crippen LogP contribution in [-0.2, 0) is 0 Å². The number of methoxy groups -OCH3 is 1. The number of hydrogen-bond donors (Lipinski definition) is 3. The highest BCUT2D eigenvalue weighted by atomic mass is 35.5. The molecule has 1 aromatic heterocycles. The average molecular weight is 415 g/mol. The minimum absolute atomic E-state index is 0.0682. The molecule has 0 bridgehead atoms. The first kappa shape index (κ1) is 19.8. The van der Waals surface area contributed by atoms with E-state index in [0.717, 1.165) is 6.33 Å². The number of amides is 1. The Kier molecular flexibility index (Phi) is 6.05. The van der Waals surface area contributed by atoms with Crippen molar-refractivity contribution in [3.05, 3.63) is 75.6 Å². The molecule has 11 heteroatoms. The highest BCUT2D eigenvalue weighted by molar-refractivity contribution is 6.30. The molecular formula is C18H15ClN6O4. The molecule has 2 aromatic carbocycles. The van der Waals surface area contributed by atoms with Crippen molar-refractivity contribution in [3.8, 4) is 5.75 Å². The molecule has 29 heavy (non-hydrogen) atoms. The Balaban J connectivity index is 1.84. The Morgan fingerprint density at radius 1 is 1.14 bits per heavy atom. The number of rotatable bonds is 7. The van der Waals surface area contributed by atoms with Gasteiger partial charge in [0.1, 0.15) is 12.1 Å². The maximum atomic E-state index is 12.4. The van der Waals surface area contributed by atoms with E-state index in [4.69, 9.17) is 16.3 Å². The highest BCUT2D eigenvalue weighted by Crippen LogP contribution is 2.31. The van der Waals surface area contributed by atoms with Crippen molar-refractivity contribution in [2.45, 2.75) is 0 Å². The van der Waals surface area contributed by atoms with E-state index < -0.39 is 16.5 Å². The summed E-state index contributed by atoms with van der Waals surface area (Å²) in [5, 5.41) is 14.9. The maximum absolute atomic E-state index is 12.4. The molecule has 0 unspecified atom stereocenters. The average Bonchev–Trinajstić information content (AvgIpc) is 2.71. The number of carbonyl (C=O) groups excluding carboxylic acids is 1. The minimum Gasteiger partial charge on any atom is -0.496 e. The van der Waals surface area contributed by atoms with Crippen molar-refractivity contribution in [2.24, 2.45) is 0 Å². The Morgan fingerprint density at radius 2 is 1.90 bits per heavy atom. The first-order valence-electron chi connectivity index (χ1n) is 8.21. The number of anilines is 3. The van der Waals surface area contributed by atoms with E-state index >= 15 is 0 Å². The van der Waals surface area contributed by atoms with Crippen LogP contribution >= 0.6 is 11.6 Å². The van der Waals surface area contributed by atoms with Crippen molar-refractivity contribution in [2.75, 3.05) is 17.9 Å². The highest BCUT2D eigenvalue weighted by Gasteiger charge is 2.24. The topological polar surface area (TPSA) is 131 Å². The smallest absolute Gasteiger partial charge is 0.355 e. The van der Waals surface area contributed by atoms with Crippen LogP contribution in [0.25, 0.3) is 0 Å². The summed E-state index contributed by atoms with van der Waals surface area (Å²) in [6.07, 6.45) is 1.12. The molecule has 0 aliphatic carbocycles. The molecule has 3 rings (SSSR count). The number of benzene rings is 2. The third kappa shape index (κ3) is 4.68. The molecule has 3 N–H and O–H groups in total. The summed E-state index contributed by atoms with van der Waals surface area (Å²) in [5.74, 6) is -0.467. The molecule has 0 spiro atoms. The molecule has 0 radical (unpaired) electrons. The predicted molar refractivity (Wildman–Crippen MR) is 108 cm³/mol. The molecule has 0 saturated carbocycles. The van der Waals surface area contributed by atoms with Crippen molar-refractivity contribution < 1.29 is 14.5 Å². The number of aromatic nitrogens is 2. The molecule has 3 aromatic rings. The Hall–Kier alpha value is -3.92. The number of halogens is 1. The lowest BCUT2D eigenvalue weighted by Gasteiger charge is -2.12. The second kappa shape index (κ2) is 8.85. The van der Waals surface area contributed by atoms with Gasteiger partial charge in [-0.2, -0.15) is 0 Å². The lowest BCUT2D eigenvalue weighted by atomic mass is 10.2. The van der Waals surface area contributed by atoms with E-state index in [1.807, 2.05) is 0 Å². The van der Waals surface area contributed by atoms with Crippen LogP contribution in [0.2, 0.25) is 5.02 Å². The van der Waals surface area contributed by atoms with Gasteiger partial charge in [0.15, 0.2) is 0 Å². The molecule has 1 amide bonds. The molecule has 0 aliphatic heterocycles. The zero-order valence-corrected chi connectivity index (χ0v) is 15.8. The van der Waals surface area contributed by atoms with Gasteiger partial charge in [0.05, 0.1) is 17.6 Å². The quantitative estimate of drug-likeness (QED) is 0.395. The van der Waals surface area contributed by atoms with Crippen LogP contribution in [0.3, 0.4) is 0 Å².